The Bertz CT molecular complexity index is 619. The average Bonchev–Trinajstić information content (AvgIpc) is 2.41. The zero-order valence-electron chi connectivity index (χ0n) is 10.9. The van der Waals surface area contributed by atoms with Gasteiger partial charge in [-0.3, -0.25) is 4.98 Å². The van der Waals surface area contributed by atoms with Crippen molar-refractivity contribution in [3.8, 4) is 5.75 Å². The summed E-state index contributed by atoms with van der Waals surface area (Å²) in [4.78, 5) is 15.7. The van der Waals surface area contributed by atoms with Crippen molar-refractivity contribution in [2.75, 3.05) is 7.11 Å². The Morgan fingerprint density at radius 3 is 2.79 bits per heavy atom. The molecule has 2 rings (SSSR count). The summed E-state index contributed by atoms with van der Waals surface area (Å²) in [6, 6.07) is 5.61. The summed E-state index contributed by atoms with van der Waals surface area (Å²) in [5.41, 5.74) is 1.82. The number of esters is 1. The van der Waals surface area contributed by atoms with E-state index in [9.17, 15) is 4.79 Å². The SMILES string of the molecule is COC(=O)C(C)Oc1ccc(Br)c2c(C)ccnc12. The predicted octanol–water partition coefficient (Wildman–Crippen LogP) is 3.25. The molecule has 0 N–H and O–H groups in total. The van der Waals surface area contributed by atoms with E-state index in [0.717, 1.165) is 20.9 Å². The molecule has 0 fully saturated rings. The lowest BCUT2D eigenvalue weighted by Crippen LogP contribution is -2.25. The highest BCUT2D eigenvalue weighted by atomic mass is 79.9. The van der Waals surface area contributed by atoms with Gasteiger partial charge in [0.1, 0.15) is 11.3 Å². The number of carbonyl (C=O) groups excluding carboxylic acids is 1. The molecule has 1 unspecified atom stereocenters. The van der Waals surface area contributed by atoms with Crippen LogP contribution in [0.4, 0.5) is 0 Å². The number of methoxy groups -OCH3 is 1. The van der Waals surface area contributed by atoms with Gasteiger partial charge in [-0.15, -0.1) is 0 Å². The molecular weight excluding hydrogens is 310 g/mol. The lowest BCUT2D eigenvalue weighted by atomic mass is 10.1. The van der Waals surface area contributed by atoms with E-state index < -0.39 is 12.1 Å². The third kappa shape index (κ3) is 2.71. The number of rotatable bonds is 3. The van der Waals surface area contributed by atoms with Crippen molar-refractivity contribution < 1.29 is 14.3 Å². The highest BCUT2D eigenvalue weighted by Crippen LogP contribution is 2.32. The molecule has 1 heterocycles. The molecule has 4 nitrogen and oxygen atoms in total. The Balaban J connectivity index is 2.48. The molecule has 1 aromatic heterocycles. The first-order valence-corrected chi connectivity index (χ1v) is 6.62. The smallest absolute Gasteiger partial charge is 0.346 e. The number of hydrogen-bond donors (Lipinski definition) is 0. The van der Waals surface area contributed by atoms with Gasteiger partial charge in [0.25, 0.3) is 0 Å². The molecule has 1 aromatic carbocycles. The lowest BCUT2D eigenvalue weighted by molar-refractivity contribution is -0.147. The van der Waals surface area contributed by atoms with Gasteiger partial charge in [0.15, 0.2) is 6.10 Å². The van der Waals surface area contributed by atoms with Gasteiger partial charge in [-0.1, -0.05) is 15.9 Å². The van der Waals surface area contributed by atoms with Crippen molar-refractivity contribution in [1.29, 1.82) is 0 Å². The molecule has 0 aliphatic rings. The second-order valence-corrected chi connectivity index (χ2v) is 5.03. The van der Waals surface area contributed by atoms with E-state index in [2.05, 4.69) is 25.7 Å². The summed E-state index contributed by atoms with van der Waals surface area (Å²) in [7, 11) is 1.34. The quantitative estimate of drug-likeness (QED) is 0.813. The number of halogens is 1. The van der Waals surface area contributed by atoms with Gasteiger partial charge < -0.3 is 9.47 Å². The molecule has 0 amide bonds. The summed E-state index contributed by atoms with van der Waals surface area (Å²) in [5, 5.41) is 0.983. The highest BCUT2D eigenvalue weighted by molar-refractivity contribution is 9.10. The second kappa shape index (κ2) is 5.57. The zero-order valence-corrected chi connectivity index (χ0v) is 12.5. The van der Waals surface area contributed by atoms with Crippen LogP contribution in [0.1, 0.15) is 12.5 Å². The second-order valence-electron chi connectivity index (χ2n) is 4.18. The van der Waals surface area contributed by atoms with Crippen molar-refractivity contribution in [3.63, 3.8) is 0 Å². The Kier molecular flexibility index (Phi) is 4.04. The van der Waals surface area contributed by atoms with Crippen LogP contribution in [-0.4, -0.2) is 24.2 Å². The van der Waals surface area contributed by atoms with Gasteiger partial charge in [-0.2, -0.15) is 0 Å². The number of aromatic nitrogens is 1. The summed E-state index contributed by atoms with van der Waals surface area (Å²) < 4.78 is 11.2. The topological polar surface area (TPSA) is 48.4 Å². The fraction of sp³-hybridized carbons (Fsp3) is 0.286. The first kappa shape index (κ1) is 13.8. The summed E-state index contributed by atoms with van der Waals surface area (Å²) in [6.07, 6.45) is 1.05. The van der Waals surface area contributed by atoms with E-state index in [4.69, 9.17) is 4.74 Å². The van der Waals surface area contributed by atoms with Crippen molar-refractivity contribution in [1.82, 2.24) is 4.98 Å². The molecule has 1 atom stereocenters. The van der Waals surface area contributed by atoms with Gasteiger partial charge in [-0.25, -0.2) is 4.79 Å². The van der Waals surface area contributed by atoms with Crippen LogP contribution in [0.5, 0.6) is 5.75 Å². The average molecular weight is 324 g/mol. The summed E-state index contributed by atoms with van der Waals surface area (Å²) >= 11 is 3.50. The number of hydrogen-bond acceptors (Lipinski definition) is 4. The molecule has 0 radical (unpaired) electrons. The molecule has 100 valence electrons. The molecule has 0 aliphatic heterocycles. The van der Waals surface area contributed by atoms with E-state index in [-0.39, 0.29) is 0 Å². The molecule has 0 saturated carbocycles. The number of ether oxygens (including phenoxy) is 2. The van der Waals surface area contributed by atoms with Crippen molar-refractivity contribution in [2.24, 2.45) is 0 Å². The predicted molar refractivity (Wildman–Crippen MR) is 76.3 cm³/mol. The fourth-order valence-corrected chi connectivity index (χ4v) is 2.49. The zero-order chi connectivity index (χ0) is 14.0. The van der Waals surface area contributed by atoms with Gasteiger partial charge in [0.05, 0.1) is 7.11 Å². The Morgan fingerprint density at radius 1 is 1.37 bits per heavy atom. The van der Waals surface area contributed by atoms with Crippen LogP contribution in [0.3, 0.4) is 0 Å². The van der Waals surface area contributed by atoms with E-state index >= 15 is 0 Å². The van der Waals surface area contributed by atoms with Crippen molar-refractivity contribution in [3.05, 3.63) is 34.4 Å². The molecule has 0 spiro atoms. The Labute approximate surface area is 119 Å². The van der Waals surface area contributed by atoms with Crippen molar-refractivity contribution in [2.45, 2.75) is 20.0 Å². The molecular formula is C14H14BrNO3. The lowest BCUT2D eigenvalue weighted by Gasteiger charge is -2.15. The maximum atomic E-state index is 11.4. The van der Waals surface area contributed by atoms with Gasteiger partial charge in [-0.05, 0) is 37.6 Å². The number of nitrogens with zero attached hydrogens (tertiary/aromatic N) is 1. The molecule has 0 bridgehead atoms. The number of benzene rings is 1. The first-order chi connectivity index (χ1) is 9.04. The van der Waals surface area contributed by atoms with Crippen molar-refractivity contribution >= 4 is 32.8 Å². The Hall–Kier alpha value is -1.62. The molecule has 2 aromatic rings. The fourth-order valence-electron chi connectivity index (χ4n) is 1.86. The van der Waals surface area contributed by atoms with Gasteiger partial charge in [0.2, 0.25) is 0 Å². The van der Waals surface area contributed by atoms with Crippen LogP contribution >= 0.6 is 15.9 Å². The first-order valence-electron chi connectivity index (χ1n) is 5.83. The van der Waals surface area contributed by atoms with E-state index in [1.165, 1.54) is 7.11 Å². The van der Waals surface area contributed by atoms with Crippen LogP contribution in [0.15, 0.2) is 28.9 Å². The number of fused-ring (bicyclic) bond motifs is 1. The molecule has 0 aliphatic carbocycles. The van der Waals surface area contributed by atoms with E-state index in [1.54, 1.807) is 19.2 Å². The van der Waals surface area contributed by atoms with Gasteiger partial charge >= 0.3 is 5.97 Å². The normalized spacial score (nSPS) is 12.2. The van der Waals surface area contributed by atoms with E-state index in [1.807, 2.05) is 19.1 Å². The largest absolute Gasteiger partial charge is 0.477 e. The maximum absolute atomic E-state index is 11.4. The number of aryl methyl sites for hydroxylation is 1. The third-order valence-corrected chi connectivity index (χ3v) is 3.51. The van der Waals surface area contributed by atoms with Crippen LogP contribution in [0, 0.1) is 6.92 Å². The number of carbonyl (C=O) groups is 1. The third-order valence-electron chi connectivity index (χ3n) is 2.85. The van der Waals surface area contributed by atoms with Crippen LogP contribution in [-0.2, 0) is 9.53 Å². The minimum atomic E-state index is -0.670. The van der Waals surface area contributed by atoms with Crippen LogP contribution in [0.25, 0.3) is 10.9 Å². The molecule has 0 saturated heterocycles. The van der Waals surface area contributed by atoms with E-state index in [0.29, 0.717) is 5.75 Å². The monoisotopic (exact) mass is 323 g/mol. The van der Waals surface area contributed by atoms with Crippen LogP contribution in [0.2, 0.25) is 0 Å². The maximum Gasteiger partial charge on any atom is 0.346 e. The number of pyridine rings is 1. The summed E-state index contributed by atoms with van der Waals surface area (Å²) in [6.45, 7) is 3.65. The molecule has 5 heteroatoms. The van der Waals surface area contributed by atoms with Gasteiger partial charge in [0, 0.05) is 16.1 Å². The van der Waals surface area contributed by atoms with Crippen LogP contribution < -0.4 is 4.74 Å². The Morgan fingerprint density at radius 2 is 2.11 bits per heavy atom. The summed E-state index contributed by atoms with van der Waals surface area (Å²) in [5.74, 6) is 0.156. The minimum absolute atomic E-state index is 0.413. The minimum Gasteiger partial charge on any atom is -0.477 e. The standard InChI is InChI=1S/C14H14BrNO3/c1-8-6-7-16-13-11(5-4-10(15)12(8)13)19-9(2)14(17)18-3/h4-7,9H,1-3H3. The molecule has 19 heavy (non-hydrogen) atoms. The highest BCUT2D eigenvalue weighted by Gasteiger charge is 2.17.